The van der Waals surface area contributed by atoms with Gasteiger partial charge in [0, 0.05) is 37.3 Å². The molecule has 3 aromatic rings. The molecule has 0 unspecified atom stereocenters. The number of aromatic nitrogens is 1. The first-order chi connectivity index (χ1) is 13.6. The molecule has 4 rings (SSSR count). The zero-order chi connectivity index (χ0) is 19.5. The van der Waals surface area contributed by atoms with Crippen LogP contribution in [0.2, 0.25) is 0 Å². The number of hydrogen-bond donors (Lipinski definition) is 2. The van der Waals surface area contributed by atoms with Gasteiger partial charge in [0.2, 0.25) is 0 Å². The van der Waals surface area contributed by atoms with Gasteiger partial charge in [-0.2, -0.15) is 0 Å². The van der Waals surface area contributed by atoms with Crippen LogP contribution in [0.4, 0.5) is 15.8 Å². The fourth-order valence-corrected chi connectivity index (χ4v) is 3.24. The number of ether oxygens (including phenoxy) is 2. The van der Waals surface area contributed by atoms with Crippen LogP contribution in [0.15, 0.2) is 47.5 Å². The minimum atomic E-state index is -0.358. The molecule has 2 aromatic carbocycles. The summed E-state index contributed by atoms with van der Waals surface area (Å²) >= 11 is 0. The molecule has 1 saturated heterocycles. The van der Waals surface area contributed by atoms with Gasteiger partial charge in [0.25, 0.3) is 0 Å². The van der Waals surface area contributed by atoms with Crippen molar-refractivity contribution in [3.8, 4) is 5.88 Å². The molecule has 146 valence electrons. The molecule has 2 N–H and O–H groups in total. The van der Waals surface area contributed by atoms with E-state index < -0.39 is 0 Å². The molecule has 1 fully saturated rings. The molecule has 0 spiro atoms. The number of nitrogens with zero attached hydrogens (tertiary/aromatic N) is 2. The number of H-pyrrole nitrogens is 1. The highest BCUT2D eigenvalue weighted by molar-refractivity contribution is 6.02. The molecule has 1 aliphatic heterocycles. The monoisotopic (exact) mass is 383 g/mol. The number of halogens is 1. The van der Waals surface area contributed by atoms with Crippen molar-refractivity contribution >= 4 is 28.5 Å². The van der Waals surface area contributed by atoms with Crippen LogP contribution >= 0.6 is 0 Å². The summed E-state index contributed by atoms with van der Waals surface area (Å²) < 4.78 is 24.2. The number of aromatic hydroxyl groups is 1. The van der Waals surface area contributed by atoms with Crippen molar-refractivity contribution < 1.29 is 19.0 Å². The van der Waals surface area contributed by atoms with Gasteiger partial charge in [0.1, 0.15) is 5.82 Å². The molecule has 0 atom stereocenters. The topological polar surface area (TPSA) is 70.1 Å². The van der Waals surface area contributed by atoms with E-state index in [4.69, 9.17) is 9.47 Å². The maximum atomic E-state index is 13.3. The zero-order valence-electron chi connectivity index (χ0n) is 15.6. The second-order valence-corrected chi connectivity index (χ2v) is 6.73. The van der Waals surface area contributed by atoms with Crippen molar-refractivity contribution in [1.82, 2.24) is 4.98 Å². The molecular formula is C21H22FN3O3. The van der Waals surface area contributed by atoms with Crippen LogP contribution in [0.25, 0.3) is 10.9 Å². The highest BCUT2D eigenvalue weighted by atomic mass is 19.1. The molecule has 0 aliphatic carbocycles. The van der Waals surface area contributed by atoms with E-state index in [9.17, 15) is 9.50 Å². The SMILES string of the molecule is CN(CCC1OCCO1)c1ccc(N=Cc2c(O)[nH]c3cc(F)ccc23)cc1. The van der Waals surface area contributed by atoms with E-state index in [1.54, 1.807) is 12.3 Å². The second kappa shape index (κ2) is 8.00. The molecule has 1 aliphatic rings. The van der Waals surface area contributed by atoms with Crippen molar-refractivity contribution in [1.29, 1.82) is 0 Å². The highest BCUT2D eigenvalue weighted by Crippen LogP contribution is 2.27. The third-order valence-electron chi connectivity index (χ3n) is 4.80. The Balaban J connectivity index is 1.43. The van der Waals surface area contributed by atoms with Gasteiger partial charge in [-0.15, -0.1) is 0 Å². The first-order valence-corrected chi connectivity index (χ1v) is 9.19. The predicted molar refractivity (Wildman–Crippen MR) is 107 cm³/mol. The molecule has 0 radical (unpaired) electrons. The van der Waals surface area contributed by atoms with Crippen LogP contribution in [-0.2, 0) is 9.47 Å². The van der Waals surface area contributed by atoms with E-state index in [0.29, 0.717) is 24.3 Å². The van der Waals surface area contributed by atoms with Crippen molar-refractivity contribution in [3.05, 3.63) is 53.8 Å². The average molecular weight is 383 g/mol. The molecule has 0 bridgehead atoms. The van der Waals surface area contributed by atoms with Gasteiger partial charge in [0.15, 0.2) is 12.2 Å². The molecule has 7 heteroatoms. The molecule has 1 aromatic heterocycles. The summed E-state index contributed by atoms with van der Waals surface area (Å²) in [6.07, 6.45) is 2.29. The Morgan fingerprint density at radius 3 is 2.71 bits per heavy atom. The number of aromatic amines is 1. The number of rotatable bonds is 6. The number of hydrogen-bond acceptors (Lipinski definition) is 5. The van der Waals surface area contributed by atoms with Gasteiger partial charge < -0.3 is 24.5 Å². The smallest absolute Gasteiger partial charge is 0.198 e. The van der Waals surface area contributed by atoms with Crippen molar-refractivity contribution in [2.24, 2.45) is 4.99 Å². The maximum absolute atomic E-state index is 13.3. The summed E-state index contributed by atoms with van der Waals surface area (Å²) in [6.45, 7) is 2.16. The summed E-state index contributed by atoms with van der Waals surface area (Å²) in [5, 5.41) is 10.8. The van der Waals surface area contributed by atoms with Crippen LogP contribution in [-0.4, -0.2) is 49.4 Å². The summed E-state index contributed by atoms with van der Waals surface area (Å²) in [7, 11) is 2.02. The van der Waals surface area contributed by atoms with E-state index in [0.717, 1.165) is 29.7 Å². The normalized spacial score (nSPS) is 15.1. The van der Waals surface area contributed by atoms with Crippen molar-refractivity contribution in [2.75, 3.05) is 31.7 Å². The summed E-state index contributed by atoms with van der Waals surface area (Å²) in [4.78, 5) is 9.33. The molecule has 6 nitrogen and oxygen atoms in total. The van der Waals surface area contributed by atoms with Crippen molar-refractivity contribution in [3.63, 3.8) is 0 Å². The van der Waals surface area contributed by atoms with Gasteiger partial charge in [-0.05, 0) is 42.5 Å². The zero-order valence-corrected chi connectivity index (χ0v) is 15.6. The Bertz CT molecular complexity index is 978. The number of fused-ring (bicyclic) bond motifs is 1. The van der Waals surface area contributed by atoms with Crippen LogP contribution < -0.4 is 4.90 Å². The Morgan fingerprint density at radius 1 is 1.21 bits per heavy atom. The van der Waals surface area contributed by atoms with Gasteiger partial charge in [-0.3, -0.25) is 4.99 Å². The lowest BCUT2D eigenvalue weighted by Gasteiger charge is -2.20. The van der Waals surface area contributed by atoms with E-state index in [2.05, 4.69) is 14.9 Å². The third kappa shape index (κ3) is 4.00. The lowest BCUT2D eigenvalue weighted by Crippen LogP contribution is -2.23. The number of anilines is 1. The van der Waals surface area contributed by atoms with E-state index >= 15 is 0 Å². The Labute approximate surface area is 162 Å². The molecule has 0 saturated carbocycles. The van der Waals surface area contributed by atoms with E-state index in [1.165, 1.54) is 12.1 Å². The van der Waals surface area contributed by atoms with Gasteiger partial charge in [-0.25, -0.2) is 4.39 Å². The van der Waals surface area contributed by atoms with E-state index in [1.807, 2.05) is 31.3 Å². The Morgan fingerprint density at radius 2 is 1.96 bits per heavy atom. The standard InChI is InChI=1S/C21H22FN3O3/c1-25(9-8-20-27-10-11-28-20)16-5-3-15(4-6-16)23-13-18-17-7-2-14(22)12-19(17)24-21(18)26/h2-7,12-13,20,24,26H,8-11H2,1H3. The lowest BCUT2D eigenvalue weighted by molar-refractivity contribution is -0.0447. The van der Waals surface area contributed by atoms with Crippen LogP contribution in [0.1, 0.15) is 12.0 Å². The molecule has 2 heterocycles. The molecule has 0 amide bonds. The fourth-order valence-electron chi connectivity index (χ4n) is 3.24. The summed E-state index contributed by atoms with van der Waals surface area (Å²) in [6, 6.07) is 12.1. The minimum Gasteiger partial charge on any atom is -0.494 e. The summed E-state index contributed by atoms with van der Waals surface area (Å²) in [5.41, 5.74) is 2.90. The third-order valence-corrected chi connectivity index (χ3v) is 4.80. The average Bonchev–Trinajstić information content (AvgIpc) is 3.31. The summed E-state index contributed by atoms with van der Waals surface area (Å²) in [5.74, 6) is -0.389. The van der Waals surface area contributed by atoms with Gasteiger partial charge in [-0.1, -0.05) is 0 Å². The second-order valence-electron chi connectivity index (χ2n) is 6.73. The first kappa shape index (κ1) is 18.5. The highest BCUT2D eigenvalue weighted by Gasteiger charge is 2.16. The number of benzene rings is 2. The van der Waals surface area contributed by atoms with E-state index in [-0.39, 0.29) is 18.0 Å². The minimum absolute atomic E-state index is 0.0305. The Hall–Kier alpha value is -2.90. The lowest BCUT2D eigenvalue weighted by atomic mass is 10.2. The van der Waals surface area contributed by atoms with Crippen LogP contribution in [0.5, 0.6) is 5.88 Å². The maximum Gasteiger partial charge on any atom is 0.198 e. The predicted octanol–water partition coefficient (Wildman–Crippen LogP) is 3.96. The van der Waals surface area contributed by atoms with Crippen LogP contribution in [0, 0.1) is 5.82 Å². The van der Waals surface area contributed by atoms with Crippen molar-refractivity contribution in [2.45, 2.75) is 12.7 Å². The Kier molecular flexibility index (Phi) is 5.27. The largest absolute Gasteiger partial charge is 0.494 e. The van der Waals surface area contributed by atoms with Crippen LogP contribution in [0.3, 0.4) is 0 Å². The quantitative estimate of drug-likeness (QED) is 0.632. The molecule has 28 heavy (non-hydrogen) atoms. The number of aliphatic imine (C=N–C) groups is 1. The fraction of sp³-hybridized carbons (Fsp3) is 0.286. The molecular weight excluding hydrogens is 361 g/mol. The van der Waals surface area contributed by atoms with Gasteiger partial charge >= 0.3 is 0 Å². The van der Waals surface area contributed by atoms with Gasteiger partial charge in [0.05, 0.1) is 30.0 Å². The number of nitrogens with one attached hydrogen (secondary N) is 1. The first-order valence-electron chi connectivity index (χ1n) is 9.19.